The molecular weight excluding hydrogens is 390 g/mol. The maximum absolute atomic E-state index is 10.5. The molecular formula is C25H37N3O3. The number of β-amino-alcohol motifs (C(OH)–C–C–N with tert-alkyl or cyclic N) is 1. The first-order valence-electron chi connectivity index (χ1n) is 11.4. The van der Waals surface area contributed by atoms with E-state index in [1.807, 2.05) is 36.5 Å². The highest BCUT2D eigenvalue weighted by Gasteiger charge is 2.15. The van der Waals surface area contributed by atoms with Crippen LogP contribution in [0.2, 0.25) is 0 Å². The van der Waals surface area contributed by atoms with Crippen molar-refractivity contribution in [3.05, 3.63) is 53.9 Å². The second-order valence-electron chi connectivity index (χ2n) is 8.51. The molecule has 1 unspecified atom stereocenters. The van der Waals surface area contributed by atoms with E-state index in [0.29, 0.717) is 18.0 Å². The first-order valence-corrected chi connectivity index (χ1v) is 11.4. The molecule has 1 fully saturated rings. The molecule has 0 amide bonds. The van der Waals surface area contributed by atoms with Crippen molar-refractivity contribution in [2.24, 2.45) is 0 Å². The number of aromatic nitrogens is 1. The quantitative estimate of drug-likeness (QED) is 0.624. The predicted octanol–water partition coefficient (Wildman–Crippen LogP) is 3.73. The number of pyridine rings is 1. The minimum atomic E-state index is -0.514. The minimum absolute atomic E-state index is 0.264. The van der Waals surface area contributed by atoms with Crippen molar-refractivity contribution in [2.45, 2.75) is 51.3 Å². The van der Waals surface area contributed by atoms with E-state index in [0.717, 1.165) is 37.4 Å². The van der Waals surface area contributed by atoms with Gasteiger partial charge in [0.1, 0.15) is 12.7 Å². The van der Waals surface area contributed by atoms with Crippen LogP contribution in [0.25, 0.3) is 0 Å². The molecule has 6 nitrogen and oxygen atoms in total. The minimum Gasteiger partial charge on any atom is -0.493 e. The van der Waals surface area contributed by atoms with E-state index in [9.17, 15) is 5.11 Å². The van der Waals surface area contributed by atoms with Gasteiger partial charge in [0.05, 0.1) is 12.8 Å². The average molecular weight is 428 g/mol. The Morgan fingerprint density at radius 2 is 1.81 bits per heavy atom. The molecule has 1 aliphatic heterocycles. The smallest absolute Gasteiger partial charge is 0.161 e. The third-order valence-corrected chi connectivity index (χ3v) is 5.69. The lowest BCUT2D eigenvalue weighted by atomic mass is 10.1. The van der Waals surface area contributed by atoms with Crippen molar-refractivity contribution < 1.29 is 14.6 Å². The summed E-state index contributed by atoms with van der Waals surface area (Å²) in [5.41, 5.74) is 2.18. The van der Waals surface area contributed by atoms with E-state index in [1.165, 1.54) is 32.1 Å². The normalized spacial score (nSPS) is 16.5. The van der Waals surface area contributed by atoms with Crippen LogP contribution < -0.4 is 9.47 Å². The van der Waals surface area contributed by atoms with Gasteiger partial charge in [-0.15, -0.1) is 0 Å². The van der Waals surface area contributed by atoms with Crippen LogP contribution in [0.5, 0.6) is 11.5 Å². The second kappa shape index (κ2) is 12.6. The Labute approximate surface area is 186 Å². The lowest BCUT2D eigenvalue weighted by Crippen LogP contribution is -2.37. The van der Waals surface area contributed by atoms with Crippen molar-refractivity contribution in [1.29, 1.82) is 0 Å². The summed E-state index contributed by atoms with van der Waals surface area (Å²) in [5, 5.41) is 10.5. The molecule has 1 aliphatic rings. The summed E-state index contributed by atoms with van der Waals surface area (Å²) in [4.78, 5) is 8.98. The standard InChI is InChI=1S/C25H37N3O3/c1-27(18-22-10-6-7-13-26-22)17-21-11-12-24(30-2)25(16-21)31-20-23(29)19-28-14-8-4-3-5-9-15-28/h6-7,10-13,16,23,29H,3-5,8-9,14-15,17-20H2,1-2H3. The molecule has 1 saturated heterocycles. The van der Waals surface area contributed by atoms with Crippen LogP contribution in [0.3, 0.4) is 0 Å². The van der Waals surface area contributed by atoms with Gasteiger partial charge in [-0.2, -0.15) is 0 Å². The Bertz CT molecular complexity index is 764. The molecule has 0 spiro atoms. The highest BCUT2D eigenvalue weighted by atomic mass is 16.5. The third-order valence-electron chi connectivity index (χ3n) is 5.69. The van der Waals surface area contributed by atoms with E-state index in [-0.39, 0.29) is 6.61 Å². The Morgan fingerprint density at radius 1 is 1.03 bits per heavy atom. The monoisotopic (exact) mass is 427 g/mol. The molecule has 1 aromatic carbocycles. The largest absolute Gasteiger partial charge is 0.493 e. The van der Waals surface area contributed by atoms with Crippen LogP contribution in [0.4, 0.5) is 0 Å². The molecule has 2 aromatic rings. The number of likely N-dealkylation sites (tertiary alicyclic amines) is 1. The van der Waals surface area contributed by atoms with E-state index in [1.54, 1.807) is 7.11 Å². The molecule has 0 bridgehead atoms. The van der Waals surface area contributed by atoms with Crippen LogP contribution in [0.1, 0.15) is 43.4 Å². The number of methoxy groups -OCH3 is 1. The van der Waals surface area contributed by atoms with Gasteiger partial charge in [-0.3, -0.25) is 9.88 Å². The second-order valence-corrected chi connectivity index (χ2v) is 8.51. The summed E-state index contributed by atoms with van der Waals surface area (Å²) in [6, 6.07) is 12.0. The molecule has 2 heterocycles. The summed E-state index contributed by atoms with van der Waals surface area (Å²) in [6.07, 6.45) is 7.67. The summed E-state index contributed by atoms with van der Waals surface area (Å²) >= 11 is 0. The fraction of sp³-hybridized carbons (Fsp3) is 0.560. The van der Waals surface area contributed by atoms with E-state index in [2.05, 4.69) is 27.9 Å². The van der Waals surface area contributed by atoms with Gasteiger partial charge in [0.25, 0.3) is 0 Å². The molecule has 1 atom stereocenters. The number of aliphatic hydroxyl groups excluding tert-OH is 1. The van der Waals surface area contributed by atoms with Crippen LogP contribution >= 0.6 is 0 Å². The van der Waals surface area contributed by atoms with Gasteiger partial charge >= 0.3 is 0 Å². The Kier molecular flexibility index (Phi) is 9.59. The summed E-state index contributed by atoms with van der Waals surface area (Å²) in [6.45, 7) is 4.61. The number of benzene rings is 1. The molecule has 1 N–H and O–H groups in total. The van der Waals surface area contributed by atoms with Gasteiger partial charge in [0.15, 0.2) is 11.5 Å². The zero-order chi connectivity index (χ0) is 21.9. The number of hydrogen-bond acceptors (Lipinski definition) is 6. The Morgan fingerprint density at radius 3 is 2.52 bits per heavy atom. The maximum atomic E-state index is 10.5. The first kappa shape index (κ1) is 23.5. The number of rotatable bonds is 10. The fourth-order valence-electron chi connectivity index (χ4n) is 4.10. The molecule has 0 aliphatic carbocycles. The average Bonchev–Trinajstić information content (AvgIpc) is 2.75. The number of hydrogen-bond donors (Lipinski definition) is 1. The van der Waals surface area contributed by atoms with Crippen molar-refractivity contribution in [3.63, 3.8) is 0 Å². The molecule has 6 heteroatoms. The number of aliphatic hydroxyl groups is 1. The molecule has 31 heavy (non-hydrogen) atoms. The summed E-state index contributed by atoms with van der Waals surface area (Å²) in [7, 11) is 3.72. The van der Waals surface area contributed by atoms with Crippen LogP contribution in [0, 0.1) is 0 Å². The van der Waals surface area contributed by atoms with Gasteiger partial charge in [0, 0.05) is 25.8 Å². The van der Waals surface area contributed by atoms with Crippen molar-refractivity contribution in [3.8, 4) is 11.5 Å². The zero-order valence-electron chi connectivity index (χ0n) is 19.0. The van der Waals surface area contributed by atoms with Crippen molar-refractivity contribution in [1.82, 2.24) is 14.8 Å². The van der Waals surface area contributed by atoms with Gasteiger partial charge < -0.3 is 19.5 Å². The lowest BCUT2D eigenvalue weighted by Gasteiger charge is -2.27. The molecule has 170 valence electrons. The Balaban J connectivity index is 1.53. The number of ether oxygens (including phenoxy) is 2. The summed E-state index contributed by atoms with van der Waals surface area (Å²) < 4.78 is 11.5. The van der Waals surface area contributed by atoms with Crippen molar-refractivity contribution >= 4 is 0 Å². The maximum Gasteiger partial charge on any atom is 0.161 e. The zero-order valence-corrected chi connectivity index (χ0v) is 19.0. The lowest BCUT2D eigenvalue weighted by molar-refractivity contribution is 0.0644. The predicted molar refractivity (Wildman–Crippen MR) is 123 cm³/mol. The van der Waals surface area contributed by atoms with E-state index < -0.39 is 6.10 Å². The van der Waals surface area contributed by atoms with Gasteiger partial charge in [-0.05, 0) is 62.8 Å². The Hall–Kier alpha value is -2.15. The van der Waals surface area contributed by atoms with E-state index in [4.69, 9.17) is 9.47 Å². The molecule has 3 rings (SSSR count). The third kappa shape index (κ3) is 8.13. The van der Waals surface area contributed by atoms with Gasteiger partial charge in [-0.1, -0.05) is 31.4 Å². The highest BCUT2D eigenvalue weighted by Crippen LogP contribution is 2.29. The first-order chi connectivity index (χ1) is 15.1. The highest BCUT2D eigenvalue weighted by molar-refractivity contribution is 5.43. The summed E-state index contributed by atoms with van der Waals surface area (Å²) in [5.74, 6) is 1.37. The SMILES string of the molecule is COc1ccc(CN(C)Cc2ccccn2)cc1OCC(O)CN1CCCCCCC1. The topological polar surface area (TPSA) is 58.1 Å². The van der Waals surface area contributed by atoms with Crippen LogP contribution in [-0.2, 0) is 13.1 Å². The van der Waals surface area contributed by atoms with Gasteiger partial charge in [-0.25, -0.2) is 0 Å². The molecule has 0 radical (unpaired) electrons. The fourth-order valence-corrected chi connectivity index (χ4v) is 4.10. The molecule has 1 aromatic heterocycles. The van der Waals surface area contributed by atoms with Crippen LogP contribution in [0.15, 0.2) is 42.6 Å². The molecule has 0 saturated carbocycles. The van der Waals surface area contributed by atoms with Crippen molar-refractivity contribution in [2.75, 3.05) is 40.4 Å². The van der Waals surface area contributed by atoms with E-state index >= 15 is 0 Å². The van der Waals surface area contributed by atoms with Crippen LogP contribution in [-0.4, -0.2) is 66.4 Å². The van der Waals surface area contributed by atoms with Gasteiger partial charge in [0.2, 0.25) is 0 Å². The number of nitrogens with zero attached hydrogens (tertiary/aromatic N) is 3.